The minimum atomic E-state index is -0.238. The van der Waals surface area contributed by atoms with Crippen molar-refractivity contribution < 1.29 is 4.79 Å². The highest BCUT2D eigenvalue weighted by molar-refractivity contribution is 7.15. The molecule has 0 saturated heterocycles. The van der Waals surface area contributed by atoms with E-state index in [9.17, 15) is 4.79 Å². The zero-order valence-electron chi connectivity index (χ0n) is 10.5. The first kappa shape index (κ1) is 13.2. The van der Waals surface area contributed by atoms with Gasteiger partial charge in [0.05, 0.1) is 0 Å². The molecule has 1 aliphatic rings. The fraction of sp³-hybridized carbons (Fsp3) is 0.583. The number of carbonyl (C=O) groups excluding carboxylic acids is 1. The molecule has 6 heteroatoms. The van der Waals surface area contributed by atoms with Crippen molar-refractivity contribution in [3.05, 3.63) is 17.2 Å². The Labute approximate surface area is 111 Å². The van der Waals surface area contributed by atoms with Gasteiger partial charge in [0.25, 0.3) is 0 Å². The lowest BCUT2D eigenvalue weighted by atomic mass is 10.2. The highest BCUT2D eigenvalue weighted by Gasteiger charge is 2.18. The molecule has 0 radical (unpaired) electrons. The molecule has 1 amide bonds. The van der Waals surface area contributed by atoms with Gasteiger partial charge >= 0.3 is 0 Å². The van der Waals surface area contributed by atoms with Crippen LogP contribution in [0.25, 0.3) is 0 Å². The summed E-state index contributed by atoms with van der Waals surface area (Å²) in [5, 5.41) is 15.5. The molecule has 18 heavy (non-hydrogen) atoms. The lowest BCUT2D eigenvalue weighted by Gasteiger charge is -2.06. The Kier molecular flexibility index (Phi) is 4.83. The number of hydrogen-bond acceptors (Lipinski definition) is 5. The van der Waals surface area contributed by atoms with Crippen molar-refractivity contribution in [3.8, 4) is 0 Å². The van der Waals surface area contributed by atoms with E-state index in [1.54, 1.807) is 0 Å². The van der Waals surface area contributed by atoms with Gasteiger partial charge in [-0.1, -0.05) is 43.3 Å². The molecule has 0 bridgehead atoms. The van der Waals surface area contributed by atoms with Crippen LogP contribution in [0.5, 0.6) is 0 Å². The number of unbranched alkanes of at least 4 members (excludes halogenated alkanes) is 2. The number of anilines is 1. The number of nitrogens with one attached hydrogen (secondary N) is 2. The third-order valence-electron chi connectivity index (χ3n) is 2.76. The Hall–Kier alpha value is -1.27. The van der Waals surface area contributed by atoms with Crippen LogP contribution in [0.15, 0.2) is 12.2 Å². The largest absolute Gasteiger partial charge is 0.299 e. The zero-order valence-corrected chi connectivity index (χ0v) is 11.3. The van der Waals surface area contributed by atoms with Crippen molar-refractivity contribution in [1.82, 2.24) is 15.5 Å². The Morgan fingerprint density at radius 1 is 1.56 bits per heavy atom. The maximum atomic E-state index is 11.8. The number of nitrogens with zero attached hydrogens (tertiary/aromatic N) is 2. The Bertz CT molecular complexity index is 429. The Morgan fingerprint density at radius 3 is 3.17 bits per heavy atom. The molecule has 0 spiro atoms. The van der Waals surface area contributed by atoms with E-state index in [-0.39, 0.29) is 11.9 Å². The van der Waals surface area contributed by atoms with E-state index in [2.05, 4.69) is 27.8 Å². The fourth-order valence-corrected chi connectivity index (χ4v) is 2.55. The van der Waals surface area contributed by atoms with Gasteiger partial charge in [-0.05, 0) is 6.42 Å². The second-order valence-electron chi connectivity index (χ2n) is 4.26. The molecule has 1 aliphatic heterocycles. The van der Waals surface area contributed by atoms with E-state index in [0.29, 0.717) is 5.13 Å². The molecule has 1 aromatic heterocycles. The molecule has 1 atom stereocenters. The molecule has 0 saturated carbocycles. The summed E-state index contributed by atoms with van der Waals surface area (Å²) in [7, 11) is 0. The van der Waals surface area contributed by atoms with Gasteiger partial charge in [-0.2, -0.15) is 0 Å². The first-order valence-corrected chi connectivity index (χ1v) is 7.14. The maximum Gasteiger partial charge on any atom is 0.247 e. The topological polar surface area (TPSA) is 66.9 Å². The van der Waals surface area contributed by atoms with Gasteiger partial charge in [-0.25, -0.2) is 0 Å². The fourth-order valence-electron chi connectivity index (χ4n) is 1.76. The van der Waals surface area contributed by atoms with Crippen LogP contribution in [-0.4, -0.2) is 28.7 Å². The average Bonchev–Trinajstić information content (AvgIpc) is 3.00. The zero-order chi connectivity index (χ0) is 12.8. The highest BCUT2D eigenvalue weighted by atomic mass is 32.1. The van der Waals surface area contributed by atoms with Gasteiger partial charge in [-0.15, -0.1) is 10.2 Å². The van der Waals surface area contributed by atoms with Crippen LogP contribution in [0.1, 0.15) is 31.2 Å². The quantitative estimate of drug-likeness (QED) is 0.608. The van der Waals surface area contributed by atoms with E-state index in [4.69, 9.17) is 0 Å². The first-order valence-electron chi connectivity index (χ1n) is 6.33. The summed E-state index contributed by atoms with van der Waals surface area (Å²) in [6.45, 7) is 2.92. The average molecular weight is 266 g/mol. The van der Waals surface area contributed by atoms with Gasteiger partial charge in [-0.3, -0.25) is 15.4 Å². The summed E-state index contributed by atoms with van der Waals surface area (Å²) in [5.74, 6) is -0.0694. The van der Waals surface area contributed by atoms with Crippen molar-refractivity contribution in [2.45, 2.75) is 38.6 Å². The Morgan fingerprint density at radius 2 is 2.44 bits per heavy atom. The van der Waals surface area contributed by atoms with E-state index < -0.39 is 0 Å². The summed E-state index contributed by atoms with van der Waals surface area (Å²) in [6, 6.07) is -0.238. The number of amides is 1. The van der Waals surface area contributed by atoms with Crippen LogP contribution in [0, 0.1) is 0 Å². The van der Waals surface area contributed by atoms with Crippen molar-refractivity contribution in [3.63, 3.8) is 0 Å². The third-order valence-corrected chi connectivity index (χ3v) is 3.66. The SMILES string of the molecule is CCCCCc1nnc(NC(=O)C2C=CCN2)s1. The maximum absolute atomic E-state index is 11.8. The van der Waals surface area contributed by atoms with Crippen LogP contribution < -0.4 is 10.6 Å². The summed E-state index contributed by atoms with van der Waals surface area (Å²) < 4.78 is 0. The summed E-state index contributed by atoms with van der Waals surface area (Å²) in [6.07, 6.45) is 8.29. The molecule has 0 fully saturated rings. The number of carbonyl (C=O) groups is 1. The first-order chi connectivity index (χ1) is 8.79. The van der Waals surface area contributed by atoms with Gasteiger partial charge in [0.1, 0.15) is 11.0 Å². The smallest absolute Gasteiger partial charge is 0.247 e. The van der Waals surface area contributed by atoms with Gasteiger partial charge in [0, 0.05) is 13.0 Å². The molecule has 0 aliphatic carbocycles. The summed E-state index contributed by atoms with van der Waals surface area (Å²) in [4.78, 5) is 11.8. The molecular formula is C12H18N4OS. The minimum Gasteiger partial charge on any atom is -0.299 e. The van der Waals surface area contributed by atoms with E-state index in [0.717, 1.165) is 24.4 Å². The molecule has 1 aromatic rings. The second kappa shape index (κ2) is 6.61. The molecule has 2 N–H and O–H groups in total. The lowest BCUT2D eigenvalue weighted by molar-refractivity contribution is -0.116. The number of hydrogen-bond donors (Lipinski definition) is 2. The second-order valence-corrected chi connectivity index (χ2v) is 5.32. The number of rotatable bonds is 6. The van der Waals surface area contributed by atoms with Crippen molar-refractivity contribution in [2.24, 2.45) is 0 Å². The Balaban J connectivity index is 1.82. The molecule has 2 rings (SSSR count). The molecular weight excluding hydrogens is 248 g/mol. The molecule has 5 nitrogen and oxygen atoms in total. The van der Waals surface area contributed by atoms with E-state index >= 15 is 0 Å². The summed E-state index contributed by atoms with van der Waals surface area (Å²) >= 11 is 1.46. The van der Waals surface area contributed by atoms with Crippen LogP contribution >= 0.6 is 11.3 Å². The number of aryl methyl sites for hydroxylation is 1. The molecule has 1 unspecified atom stereocenters. The van der Waals surface area contributed by atoms with Gasteiger partial charge < -0.3 is 0 Å². The van der Waals surface area contributed by atoms with Crippen molar-refractivity contribution in [2.75, 3.05) is 11.9 Å². The summed E-state index contributed by atoms with van der Waals surface area (Å²) in [5.41, 5.74) is 0. The van der Waals surface area contributed by atoms with Crippen LogP contribution in [-0.2, 0) is 11.2 Å². The van der Waals surface area contributed by atoms with Crippen molar-refractivity contribution in [1.29, 1.82) is 0 Å². The predicted molar refractivity (Wildman–Crippen MR) is 72.7 cm³/mol. The third kappa shape index (κ3) is 3.61. The lowest BCUT2D eigenvalue weighted by Crippen LogP contribution is -2.35. The highest BCUT2D eigenvalue weighted by Crippen LogP contribution is 2.17. The monoisotopic (exact) mass is 266 g/mol. The van der Waals surface area contributed by atoms with Crippen molar-refractivity contribution >= 4 is 22.4 Å². The predicted octanol–water partition coefficient (Wildman–Crippen LogP) is 1.74. The number of aromatic nitrogens is 2. The molecule has 2 heterocycles. The van der Waals surface area contributed by atoms with Gasteiger partial charge in [0.15, 0.2) is 0 Å². The normalized spacial score (nSPS) is 18.2. The molecule has 98 valence electrons. The molecule has 0 aromatic carbocycles. The van der Waals surface area contributed by atoms with Crippen LogP contribution in [0.2, 0.25) is 0 Å². The van der Waals surface area contributed by atoms with E-state index in [1.165, 1.54) is 24.2 Å². The van der Waals surface area contributed by atoms with E-state index in [1.807, 2.05) is 12.2 Å². The van der Waals surface area contributed by atoms with Crippen LogP contribution in [0.4, 0.5) is 5.13 Å². The van der Waals surface area contributed by atoms with Gasteiger partial charge in [0.2, 0.25) is 11.0 Å². The minimum absolute atomic E-state index is 0.0694. The standard InChI is InChI=1S/C12H18N4OS/c1-2-3-4-7-10-15-16-12(18-10)14-11(17)9-6-5-8-13-9/h5-6,9,13H,2-4,7-8H2,1H3,(H,14,16,17). The van der Waals surface area contributed by atoms with Crippen LogP contribution in [0.3, 0.4) is 0 Å².